The van der Waals surface area contributed by atoms with Crippen LogP contribution in [0.2, 0.25) is 0 Å². The van der Waals surface area contributed by atoms with Crippen molar-refractivity contribution in [3.63, 3.8) is 0 Å². The molecule has 0 aliphatic heterocycles. The van der Waals surface area contributed by atoms with Crippen LogP contribution >= 0.6 is 0 Å². The lowest BCUT2D eigenvalue weighted by molar-refractivity contribution is 0.0784. The summed E-state index contributed by atoms with van der Waals surface area (Å²) < 4.78 is 11.0. The molecule has 0 bridgehead atoms. The normalized spacial score (nSPS) is 10.7. The standard InChI is InChI=1S/C21H21NO4/c1-15-8-3-5-10-18(15)25-13-7-12-22(2)20(23)17-14-16-9-4-6-11-19(16)26-21(17)24/h3-6,8-11,14H,7,12-13H2,1-2H3. The molecule has 3 rings (SSSR count). The summed E-state index contributed by atoms with van der Waals surface area (Å²) in [6, 6.07) is 16.5. The summed E-state index contributed by atoms with van der Waals surface area (Å²) in [5, 5.41) is 0.728. The highest BCUT2D eigenvalue weighted by Gasteiger charge is 2.17. The Balaban J connectivity index is 1.60. The smallest absolute Gasteiger partial charge is 0.349 e. The molecule has 3 aromatic rings. The molecule has 0 aliphatic carbocycles. The fourth-order valence-electron chi connectivity index (χ4n) is 2.72. The first-order chi connectivity index (χ1) is 12.6. The van der Waals surface area contributed by atoms with Crippen LogP contribution in [0, 0.1) is 6.92 Å². The van der Waals surface area contributed by atoms with Crippen molar-refractivity contribution in [1.29, 1.82) is 0 Å². The van der Waals surface area contributed by atoms with E-state index in [-0.39, 0.29) is 11.5 Å². The average molecular weight is 351 g/mol. The number of benzene rings is 2. The molecule has 0 aliphatic rings. The second-order valence-electron chi connectivity index (χ2n) is 6.18. The molecule has 26 heavy (non-hydrogen) atoms. The van der Waals surface area contributed by atoms with Gasteiger partial charge in [-0.1, -0.05) is 36.4 Å². The highest BCUT2D eigenvalue weighted by molar-refractivity contribution is 5.96. The van der Waals surface area contributed by atoms with Crippen molar-refractivity contribution >= 4 is 16.9 Å². The molecular formula is C21H21NO4. The molecule has 0 atom stereocenters. The molecule has 2 aromatic carbocycles. The van der Waals surface area contributed by atoms with Crippen molar-refractivity contribution in [3.05, 3.63) is 76.1 Å². The third-order valence-corrected chi connectivity index (χ3v) is 4.21. The minimum Gasteiger partial charge on any atom is -0.493 e. The quantitative estimate of drug-likeness (QED) is 0.502. The summed E-state index contributed by atoms with van der Waals surface area (Å²) in [4.78, 5) is 26.2. The molecule has 0 N–H and O–H groups in total. The van der Waals surface area contributed by atoms with Crippen molar-refractivity contribution in [3.8, 4) is 5.75 Å². The molecule has 0 radical (unpaired) electrons. The zero-order chi connectivity index (χ0) is 18.5. The van der Waals surface area contributed by atoms with Gasteiger partial charge in [0.15, 0.2) is 0 Å². The van der Waals surface area contributed by atoms with Crippen LogP contribution in [0.5, 0.6) is 5.75 Å². The number of nitrogens with zero attached hydrogens (tertiary/aromatic N) is 1. The summed E-state index contributed by atoms with van der Waals surface area (Å²) in [5.74, 6) is 0.497. The number of para-hydroxylation sites is 2. The van der Waals surface area contributed by atoms with Gasteiger partial charge in [0.2, 0.25) is 0 Å². The fourth-order valence-corrected chi connectivity index (χ4v) is 2.72. The summed E-state index contributed by atoms with van der Waals surface area (Å²) in [6.07, 6.45) is 0.662. The van der Waals surface area contributed by atoms with Gasteiger partial charge in [-0.25, -0.2) is 4.79 Å². The van der Waals surface area contributed by atoms with E-state index in [2.05, 4.69) is 0 Å². The number of aryl methyl sites for hydroxylation is 1. The summed E-state index contributed by atoms with van der Waals surface area (Å²) in [5.41, 5.74) is 0.983. The van der Waals surface area contributed by atoms with Crippen molar-refractivity contribution in [2.45, 2.75) is 13.3 Å². The Hall–Kier alpha value is -3.08. The van der Waals surface area contributed by atoms with Crippen LogP contribution < -0.4 is 10.4 Å². The first-order valence-corrected chi connectivity index (χ1v) is 8.53. The van der Waals surface area contributed by atoms with Crippen LogP contribution in [0.3, 0.4) is 0 Å². The Bertz CT molecular complexity index is 977. The number of fused-ring (bicyclic) bond motifs is 1. The maximum absolute atomic E-state index is 12.6. The zero-order valence-electron chi connectivity index (χ0n) is 14.9. The third-order valence-electron chi connectivity index (χ3n) is 4.21. The highest BCUT2D eigenvalue weighted by atomic mass is 16.5. The van der Waals surface area contributed by atoms with Gasteiger partial charge in [0.1, 0.15) is 16.9 Å². The lowest BCUT2D eigenvalue weighted by Gasteiger charge is -2.17. The summed E-state index contributed by atoms with van der Waals surface area (Å²) in [6.45, 7) is 2.97. The fraction of sp³-hybridized carbons (Fsp3) is 0.238. The SMILES string of the molecule is Cc1ccccc1OCCCN(C)C(=O)c1cc2ccccc2oc1=O. The van der Waals surface area contributed by atoms with Crippen LogP contribution in [0.15, 0.2) is 63.8 Å². The van der Waals surface area contributed by atoms with Gasteiger partial charge < -0.3 is 14.1 Å². The number of rotatable bonds is 6. The molecule has 0 saturated heterocycles. The van der Waals surface area contributed by atoms with E-state index in [1.165, 1.54) is 4.90 Å². The second-order valence-corrected chi connectivity index (χ2v) is 6.18. The van der Waals surface area contributed by atoms with Gasteiger partial charge in [0.05, 0.1) is 6.61 Å². The molecule has 1 heterocycles. The highest BCUT2D eigenvalue weighted by Crippen LogP contribution is 2.16. The van der Waals surface area contributed by atoms with Crippen LogP contribution in [0.4, 0.5) is 0 Å². The van der Waals surface area contributed by atoms with Gasteiger partial charge in [-0.3, -0.25) is 4.79 Å². The molecule has 1 aromatic heterocycles. The van der Waals surface area contributed by atoms with Crippen LogP contribution in [-0.2, 0) is 0 Å². The lowest BCUT2D eigenvalue weighted by Crippen LogP contribution is -2.32. The summed E-state index contributed by atoms with van der Waals surface area (Å²) >= 11 is 0. The Labute approximate surface area is 151 Å². The second kappa shape index (κ2) is 7.87. The monoisotopic (exact) mass is 351 g/mol. The Kier molecular flexibility index (Phi) is 5.37. The topological polar surface area (TPSA) is 59.8 Å². The van der Waals surface area contributed by atoms with E-state index < -0.39 is 5.63 Å². The van der Waals surface area contributed by atoms with E-state index in [4.69, 9.17) is 9.15 Å². The number of hydrogen-bond donors (Lipinski definition) is 0. The van der Waals surface area contributed by atoms with Crippen molar-refractivity contribution in [1.82, 2.24) is 4.90 Å². The Morgan fingerprint density at radius 3 is 2.65 bits per heavy atom. The van der Waals surface area contributed by atoms with Gasteiger partial charge >= 0.3 is 5.63 Å². The maximum Gasteiger partial charge on any atom is 0.349 e. The van der Waals surface area contributed by atoms with E-state index in [1.54, 1.807) is 25.2 Å². The lowest BCUT2D eigenvalue weighted by atomic mass is 10.1. The number of carbonyl (C=O) groups is 1. The first-order valence-electron chi connectivity index (χ1n) is 8.53. The Morgan fingerprint density at radius 1 is 1.12 bits per heavy atom. The molecule has 134 valence electrons. The van der Waals surface area contributed by atoms with Crippen LogP contribution in [0.25, 0.3) is 11.0 Å². The largest absolute Gasteiger partial charge is 0.493 e. The molecule has 1 amide bonds. The van der Waals surface area contributed by atoms with Gasteiger partial charge in [-0.2, -0.15) is 0 Å². The minimum atomic E-state index is -0.614. The molecule has 5 nitrogen and oxygen atoms in total. The van der Waals surface area contributed by atoms with E-state index in [9.17, 15) is 9.59 Å². The third kappa shape index (κ3) is 3.94. The van der Waals surface area contributed by atoms with Crippen molar-refractivity contribution < 1.29 is 13.9 Å². The van der Waals surface area contributed by atoms with Gasteiger partial charge in [0.25, 0.3) is 5.91 Å². The number of amides is 1. The van der Waals surface area contributed by atoms with E-state index >= 15 is 0 Å². The van der Waals surface area contributed by atoms with Gasteiger partial charge in [0, 0.05) is 19.0 Å². The number of hydrogen-bond acceptors (Lipinski definition) is 4. The maximum atomic E-state index is 12.6. The van der Waals surface area contributed by atoms with Gasteiger partial charge in [-0.15, -0.1) is 0 Å². The van der Waals surface area contributed by atoms with E-state index in [0.717, 1.165) is 16.7 Å². The Morgan fingerprint density at radius 2 is 1.85 bits per heavy atom. The number of ether oxygens (including phenoxy) is 1. The summed E-state index contributed by atoms with van der Waals surface area (Å²) in [7, 11) is 1.67. The molecule has 0 spiro atoms. The first kappa shape index (κ1) is 17.7. The van der Waals surface area contributed by atoms with E-state index in [1.807, 2.05) is 43.3 Å². The molecule has 0 fully saturated rings. The molecule has 0 unspecified atom stereocenters. The zero-order valence-corrected chi connectivity index (χ0v) is 14.9. The van der Waals surface area contributed by atoms with Crippen LogP contribution in [0.1, 0.15) is 22.3 Å². The molecule has 0 saturated carbocycles. The minimum absolute atomic E-state index is 0.0472. The van der Waals surface area contributed by atoms with E-state index in [0.29, 0.717) is 25.2 Å². The van der Waals surface area contributed by atoms with Crippen molar-refractivity contribution in [2.24, 2.45) is 0 Å². The average Bonchev–Trinajstić information content (AvgIpc) is 2.65. The predicted molar refractivity (Wildman–Crippen MR) is 101 cm³/mol. The van der Waals surface area contributed by atoms with Gasteiger partial charge in [-0.05, 0) is 37.1 Å². The number of carbonyl (C=O) groups excluding carboxylic acids is 1. The van der Waals surface area contributed by atoms with Crippen LogP contribution in [-0.4, -0.2) is 31.0 Å². The predicted octanol–water partition coefficient (Wildman–Crippen LogP) is 3.64. The molecular weight excluding hydrogens is 330 g/mol. The molecule has 5 heteroatoms. The van der Waals surface area contributed by atoms with Crippen molar-refractivity contribution in [2.75, 3.05) is 20.2 Å².